The maximum atomic E-state index is 13.3. The van der Waals surface area contributed by atoms with Crippen LogP contribution in [0.25, 0.3) is 0 Å². The normalized spacial score (nSPS) is 16.4. The van der Waals surface area contributed by atoms with Crippen molar-refractivity contribution in [3.63, 3.8) is 0 Å². The van der Waals surface area contributed by atoms with Crippen LogP contribution in [0.2, 0.25) is 10.3 Å². The van der Waals surface area contributed by atoms with Gasteiger partial charge in [0.15, 0.2) is 5.16 Å². The van der Waals surface area contributed by atoms with Crippen LogP contribution in [0.4, 0.5) is 40.8 Å². The predicted molar refractivity (Wildman–Crippen MR) is 301 cm³/mol. The average molecular weight is 1190 g/mol. The predicted octanol–water partition coefficient (Wildman–Crippen LogP) is 11.8. The first-order valence-corrected chi connectivity index (χ1v) is 30.5. The molecule has 0 aromatic carbocycles. The number of ether oxygens (including phenoxy) is 4. The number of sulfone groups is 1. The molecule has 0 radical (unpaired) electrons. The first kappa shape index (κ1) is 60.1. The van der Waals surface area contributed by atoms with E-state index >= 15 is 0 Å². The van der Waals surface area contributed by atoms with E-state index in [0.29, 0.717) is 54.3 Å². The van der Waals surface area contributed by atoms with Crippen LogP contribution in [-0.2, 0) is 52.5 Å². The van der Waals surface area contributed by atoms with Crippen molar-refractivity contribution in [3.8, 4) is 12.1 Å². The lowest BCUT2D eigenvalue weighted by Gasteiger charge is -2.53. The Labute approximate surface area is 477 Å². The Morgan fingerprint density at radius 1 is 0.628 bits per heavy atom. The monoisotopic (exact) mass is 1190 g/mol. The molecule has 2 saturated heterocycles. The summed E-state index contributed by atoms with van der Waals surface area (Å²) in [7, 11) is -3.67. The summed E-state index contributed by atoms with van der Waals surface area (Å²) in [5.41, 5.74) is -1.96. The molecule has 420 valence electrons. The Morgan fingerprint density at radius 3 is 1.29 bits per heavy atom. The van der Waals surface area contributed by atoms with Gasteiger partial charge < -0.3 is 28.7 Å². The maximum absolute atomic E-state index is 13.3. The van der Waals surface area contributed by atoms with Gasteiger partial charge in [-0.15, -0.1) is 22.7 Å². The number of thioether (sulfide) groups is 1. The van der Waals surface area contributed by atoms with Gasteiger partial charge in [0, 0.05) is 65.2 Å². The molecule has 0 unspecified atom stereocenters. The molecule has 0 saturated carbocycles. The van der Waals surface area contributed by atoms with Gasteiger partial charge in [0.25, 0.3) is 0 Å². The molecule has 2 aliphatic heterocycles. The first-order chi connectivity index (χ1) is 36.0. The van der Waals surface area contributed by atoms with Crippen LogP contribution in [0, 0.1) is 22.7 Å². The lowest BCUT2D eigenvalue weighted by Crippen LogP contribution is -2.61. The lowest BCUT2D eigenvalue weighted by atomic mass is 9.66. The van der Waals surface area contributed by atoms with Crippen LogP contribution < -0.4 is 19.6 Å². The highest BCUT2D eigenvalue weighted by atomic mass is 35.5. The van der Waals surface area contributed by atoms with Crippen LogP contribution in [0.3, 0.4) is 0 Å². The number of hydrogen-bond donors (Lipinski definition) is 0. The maximum Gasteiger partial charge on any atom is 0.425 e. The lowest BCUT2D eigenvalue weighted by molar-refractivity contribution is 0.0410. The third-order valence-corrected chi connectivity index (χ3v) is 16.7. The molecule has 2 aliphatic carbocycles. The molecule has 4 amide bonds. The molecule has 20 nitrogen and oxygen atoms in total. The number of nitrogens with zero attached hydrogens (tertiary/aromatic N) is 10. The minimum absolute atomic E-state index is 0.0107. The smallest absolute Gasteiger partial charge is 0.425 e. The number of carbonyl (C=O) groups excluding carboxylic acids is 4. The number of aromatic nitrogens is 4. The quantitative estimate of drug-likeness (QED) is 0.0753. The summed E-state index contributed by atoms with van der Waals surface area (Å²) >= 11 is 16.3. The molecule has 2 fully saturated rings. The molecule has 8 rings (SSSR count). The van der Waals surface area contributed by atoms with Crippen LogP contribution >= 0.6 is 57.6 Å². The van der Waals surface area contributed by atoms with Crippen LogP contribution in [0.5, 0.6) is 0 Å². The summed E-state index contributed by atoms with van der Waals surface area (Å²) in [6.07, 6.45) is 4.19. The molecule has 4 aromatic rings. The van der Waals surface area contributed by atoms with Gasteiger partial charge in [0.05, 0.1) is 11.1 Å². The molecule has 4 aliphatic rings. The molecular formula is C52H64Cl2N10O10S4. The van der Waals surface area contributed by atoms with Crippen LogP contribution in [0.1, 0.15) is 141 Å². The third kappa shape index (κ3) is 13.2. The zero-order valence-corrected chi connectivity index (χ0v) is 50.9. The van der Waals surface area contributed by atoms with Gasteiger partial charge in [-0.1, -0.05) is 35.0 Å². The van der Waals surface area contributed by atoms with E-state index in [1.807, 2.05) is 11.2 Å². The first-order valence-electron chi connectivity index (χ1n) is 25.0. The fourth-order valence-corrected chi connectivity index (χ4v) is 13.9. The molecule has 0 bridgehead atoms. The van der Waals surface area contributed by atoms with Crippen LogP contribution in [0.15, 0.2) is 22.4 Å². The number of carbonyl (C=O) groups is 4. The second-order valence-corrected chi connectivity index (χ2v) is 29.2. The number of thiophene rings is 2. The molecule has 4 aromatic heterocycles. The number of nitriles is 2. The van der Waals surface area contributed by atoms with Crippen molar-refractivity contribution < 1.29 is 46.5 Å². The third-order valence-electron chi connectivity index (χ3n) is 12.5. The summed E-state index contributed by atoms with van der Waals surface area (Å²) in [6.45, 7) is 22.7. The van der Waals surface area contributed by atoms with E-state index in [1.54, 1.807) is 89.2 Å². The number of anilines is 4. The number of amides is 4. The van der Waals surface area contributed by atoms with Gasteiger partial charge >= 0.3 is 24.4 Å². The van der Waals surface area contributed by atoms with E-state index < -0.39 is 62.0 Å². The number of rotatable bonds is 6. The zero-order chi connectivity index (χ0) is 57.9. The molecule has 2 spiro atoms. The van der Waals surface area contributed by atoms with E-state index in [0.717, 1.165) is 74.9 Å². The van der Waals surface area contributed by atoms with Crippen molar-refractivity contribution in [2.24, 2.45) is 0 Å². The fourth-order valence-electron chi connectivity index (χ4n) is 9.74. The summed E-state index contributed by atoms with van der Waals surface area (Å²) in [4.78, 5) is 77.7. The van der Waals surface area contributed by atoms with Crippen molar-refractivity contribution in [3.05, 3.63) is 54.4 Å². The van der Waals surface area contributed by atoms with Crippen LogP contribution in [-0.4, -0.2) is 114 Å². The SMILES string of the molecule is CC(C)(C)OC(=O)N(C(=O)OC(C)(C)C)c1sc2c(c1C#N)C1(CCC2)CN(c2cc(Cl)nc(S(C)(=O)=O)n2)C1.CSc1nc(Cl)cc(N2CC3(CCCc4sc(N(C(=O)OC(C)(C)C)C(=O)OC(C)(C)C)c(C#N)c43)C2)n1. The second-order valence-electron chi connectivity index (χ2n) is 23.6. The van der Waals surface area contributed by atoms with Gasteiger partial charge in [0.2, 0.25) is 15.0 Å². The Kier molecular flexibility index (Phi) is 16.9. The van der Waals surface area contributed by atoms with E-state index in [1.165, 1.54) is 40.5 Å². The van der Waals surface area contributed by atoms with E-state index in [4.69, 9.17) is 42.1 Å². The summed E-state index contributed by atoms with van der Waals surface area (Å²) in [5, 5.41) is 21.7. The topological polar surface area (TPSA) is 251 Å². The second kappa shape index (κ2) is 21.9. The van der Waals surface area contributed by atoms with E-state index in [2.05, 4.69) is 37.0 Å². The number of halogens is 2. The number of hydrogen-bond acceptors (Lipinski definition) is 21. The minimum atomic E-state index is -3.67. The number of aryl methyl sites for hydroxylation is 2. The Balaban J connectivity index is 0.000000226. The Morgan fingerprint density at radius 2 is 0.974 bits per heavy atom. The molecule has 0 atom stereocenters. The highest BCUT2D eigenvalue weighted by Gasteiger charge is 2.53. The molecular weight excluding hydrogens is 1120 g/mol. The highest BCUT2D eigenvalue weighted by Crippen LogP contribution is 2.54. The van der Waals surface area contributed by atoms with Crippen molar-refractivity contribution in [2.45, 2.75) is 165 Å². The molecule has 78 heavy (non-hydrogen) atoms. The minimum Gasteiger partial charge on any atom is -0.443 e. The standard InChI is InChI=1S/C26H32ClN5O6S2.C26H32ClN5O4S2/c1-24(2,3)37-22(33)32(23(34)38-25(4,5)6)20-15(12-28)19-16(39-20)9-8-10-26(19)13-31(14-26)18-11-17(27)29-21(30-18)40(7,35)36;1-24(2,3)35-22(33)32(23(34)36-25(4,5)6)20-15(12-28)19-16(38-20)9-8-10-26(19)13-31(14-26)18-11-17(27)29-21(30-18)37-7/h11H,8-10,13-14H2,1-7H3;11H,8-10,13-14H2,1-7H3. The van der Waals surface area contributed by atoms with Gasteiger partial charge in [-0.05, 0) is 139 Å². The van der Waals surface area contributed by atoms with Gasteiger partial charge in [-0.2, -0.15) is 20.3 Å². The van der Waals surface area contributed by atoms with Crippen molar-refractivity contribution >= 4 is 113 Å². The summed E-state index contributed by atoms with van der Waals surface area (Å²) in [5.74, 6) is 1.11. The van der Waals surface area contributed by atoms with Gasteiger partial charge in [-0.3, -0.25) is 0 Å². The largest absolute Gasteiger partial charge is 0.443 e. The number of fused-ring (bicyclic) bond motifs is 4. The molecule has 26 heteroatoms. The van der Waals surface area contributed by atoms with E-state index in [9.17, 15) is 38.1 Å². The fraction of sp³-hybridized carbons (Fsp3) is 0.577. The van der Waals surface area contributed by atoms with Gasteiger partial charge in [0.1, 0.15) is 66.5 Å². The number of imide groups is 2. The Bertz CT molecular complexity index is 3180. The summed E-state index contributed by atoms with van der Waals surface area (Å²) in [6, 6.07) is 7.80. The summed E-state index contributed by atoms with van der Waals surface area (Å²) < 4.78 is 46.3. The zero-order valence-electron chi connectivity index (χ0n) is 46.2. The Hall–Kier alpha value is -5.50. The highest BCUT2D eigenvalue weighted by molar-refractivity contribution is 7.98. The molecule has 6 heterocycles. The van der Waals surface area contributed by atoms with Crippen molar-refractivity contribution in [2.75, 3.05) is 58.3 Å². The average Bonchev–Trinajstić information content (AvgIpc) is 3.82. The van der Waals surface area contributed by atoms with Gasteiger partial charge in [-0.25, -0.2) is 47.5 Å². The van der Waals surface area contributed by atoms with Crippen molar-refractivity contribution in [1.29, 1.82) is 10.5 Å². The van der Waals surface area contributed by atoms with Crippen molar-refractivity contribution in [1.82, 2.24) is 19.9 Å². The van der Waals surface area contributed by atoms with E-state index in [-0.39, 0.29) is 31.3 Å². The molecule has 0 N–H and O–H groups in total.